The number of ether oxygens (including phenoxy) is 1. The summed E-state index contributed by atoms with van der Waals surface area (Å²) in [6.45, 7) is 3.61. The molecule has 1 amide bonds. The minimum Gasteiger partial charge on any atom is -0.450 e. The van der Waals surface area contributed by atoms with Crippen LogP contribution in [0, 0.1) is 5.92 Å². The summed E-state index contributed by atoms with van der Waals surface area (Å²) in [7, 11) is 1.23. The number of hydrogen-bond donors (Lipinski definition) is 0. The monoisotopic (exact) mass is 251 g/mol. The third-order valence-electron chi connectivity index (χ3n) is 2.53. The highest BCUT2D eigenvalue weighted by Crippen LogP contribution is 2.16. The van der Waals surface area contributed by atoms with Gasteiger partial charge in [-0.1, -0.05) is 32.0 Å². The summed E-state index contributed by atoms with van der Waals surface area (Å²) < 4.78 is 4.59. The molecule has 0 bridgehead atoms. The molecular weight excluding hydrogens is 234 g/mol. The van der Waals surface area contributed by atoms with Crippen LogP contribution in [0.15, 0.2) is 30.3 Å². The van der Waals surface area contributed by atoms with Crippen molar-refractivity contribution in [3.05, 3.63) is 30.3 Å². The Morgan fingerprint density at radius 2 is 1.89 bits per heavy atom. The van der Waals surface area contributed by atoms with E-state index in [-0.39, 0.29) is 5.92 Å². The van der Waals surface area contributed by atoms with Crippen LogP contribution in [0.3, 0.4) is 0 Å². The van der Waals surface area contributed by atoms with Gasteiger partial charge in [-0.05, 0) is 18.6 Å². The molecule has 0 fully saturated rings. The van der Waals surface area contributed by atoms with Crippen LogP contribution in [-0.4, -0.2) is 19.2 Å². The number of methoxy groups -OCH3 is 1. The van der Waals surface area contributed by atoms with E-state index in [4.69, 9.17) is 4.84 Å². The standard InChI is InChI=1S/C13H17NO4/c1-4-10(2)12(15)18-14(13(16)17-3)11-8-6-5-7-9-11/h5-10H,4H2,1-3H3. The first-order chi connectivity index (χ1) is 8.60. The Bertz CT molecular complexity index is 405. The number of carbonyl (C=O) groups is 2. The van der Waals surface area contributed by atoms with Crippen LogP contribution in [0.2, 0.25) is 0 Å². The lowest BCUT2D eigenvalue weighted by Crippen LogP contribution is -2.35. The molecule has 1 rings (SSSR count). The van der Waals surface area contributed by atoms with Gasteiger partial charge in [-0.3, -0.25) is 0 Å². The summed E-state index contributed by atoms with van der Waals surface area (Å²) in [5.74, 6) is -0.743. The zero-order valence-electron chi connectivity index (χ0n) is 10.8. The molecule has 0 saturated heterocycles. The maximum absolute atomic E-state index is 11.7. The third-order valence-corrected chi connectivity index (χ3v) is 2.53. The van der Waals surface area contributed by atoms with Crippen molar-refractivity contribution < 1.29 is 19.2 Å². The summed E-state index contributed by atoms with van der Waals surface area (Å²) in [5, 5.41) is 0.856. The Morgan fingerprint density at radius 1 is 1.28 bits per heavy atom. The van der Waals surface area contributed by atoms with Gasteiger partial charge in [0.25, 0.3) is 0 Å². The highest BCUT2D eigenvalue weighted by atomic mass is 16.7. The number of benzene rings is 1. The van der Waals surface area contributed by atoms with Crippen molar-refractivity contribution in [2.24, 2.45) is 5.92 Å². The lowest BCUT2D eigenvalue weighted by molar-refractivity contribution is -0.148. The maximum Gasteiger partial charge on any atom is 0.447 e. The van der Waals surface area contributed by atoms with E-state index in [1.54, 1.807) is 37.3 Å². The van der Waals surface area contributed by atoms with E-state index in [0.717, 1.165) is 5.06 Å². The summed E-state index contributed by atoms with van der Waals surface area (Å²) in [6, 6.07) is 8.59. The predicted molar refractivity (Wildman–Crippen MR) is 66.9 cm³/mol. The molecule has 5 heteroatoms. The molecular formula is C13H17NO4. The molecule has 1 unspecified atom stereocenters. The van der Waals surface area contributed by atoms with Crippen molar-refractivity contribution in [1.29, 1.82) is 0 Å². The Kier molecular flexibility index (Phi) is 5.17. The maximum atomic E-state index is 11.7. The predicted octanol–water partition coefficient (Wildman–Crippen LogP) is 2.76. The van der Waals surface area contributed by atoms with Crippen molar-refractivity contribution in [3.63, 3.8) is 0 Å². The van der Waals surface area contributed by atoms with Gasteiger partial charge in [0.2, 0.25) is 0 Å². The van der Waals surface area contributed by atoms with Crippen molar-refractivity contribution in [3.8, 4) is 0 Å². The minimum absolute atomic E-state index is 0.277. The normalized spacial score (nSPS) is 11.5. The average Bonchev–Trinajstić information content (AvgIpc) is 2.43. The van der Waals surface area contributed by atoms with E-state index in [1.807, 2.05) is 6.92 Å². The molecule has 0 spiro atoms. The fourth-order valence-corrected chi connectivity index (χ4v) is 1.19. The highest BCUT2D eigenvalue weighted by Gasteiger charge is 2.23. The molecule has 1 aromatic rings. The molecule has 0 aliphatic heterocycles. The molecule has 98 valence electrons. The van der Waals surface area contributed by atoms with Gasteiger partial charge < -0.3 is 9.57 Å². The van der Waals surface area contributed by atoms with Gasteiger partial charge in [0.1, 0.15) is 0 Å². The lowest BCUT2D eigenvalue weighted by atomic mass is 10.1. The van der Waals surface area contributed by atoms with Crippen LogP contribution in [-0.2, 0) is 14.4 Å². The van der Waals surface area contributed by atoms with Crippen LogP contribution < -0.4 is 5.06 Å². The number of rotatable bonds is 3. The molecule has 0 aliphatic carbocycles. The first-order valence-electron chi connectivity index (χ1n) is 5.75. The summed E-state index contributed by atoms with van der Waals surface area (Å²) in [4.78, 5) is 28.4. The molecule has 1 aromatic carbocycles. The highest BCUT2D eigenvalue weighted by molar-refractivity contribution is 5.88. The van der Waals surface area contributed by atoms with Gasteiger partial charge in [0.05, 0.1) is 18.7 Å². The summed E-state index contributed by atoms with van der Waals surface area (Å²) >= 11 is 0. The van der Waals surface area contributed by atoms with Gasteiger partial charge >= 0.3 is 12.1 Å². The summed E-state index contributed by atoms with van der Waals surface area (Å²) in [5.41, 5.74) is 0.445. The van der Waals surface area contributed by atoms with Gasteiger partial charge in [0.15, 0.2) is 0 Å². The molecule has 0 radical (unpaired) electrons. The van der Waals surface area contributed by atoms with Crippen molar-refractivity contribution in [1.82, 2.24) is 0 Å². The minimum atomic E-state index is -0.738. The lowest BCUT2D eigenvalue weighted by Gasteiger charge is -2.21. The van der Waals surface area contributed by atoms with E-state index < -0.39 is 12.1 Å². The molecule has 0 saturated carbocycles. The van der Waals surface area contributed by atoms with E-state index in [9.17, 15) is 9.59 Å². The number of anilines is 1. The van der Waals surface area contributed by atoms with Crippen LogP contribution in [0.5, 0.6) is 0 Å². The Morgan fingerprint density at radius 3 is 2.39 bits per heavy atom. The second-order valence-corrected chi connectivity index (χ2v) is 3.82. The Labute approximate surface area is 106 Å². The molecule has 18 heavy (non-hydrogen) atoms. The van der Waals surface area contributed by atoms with Crippen LogP contribution in [0.25, 0.3) is 0 Å². The molecule has 0 aromatic heterocycles. The van der Waals surface area contributed by atoms with Gasteiger partial charge in [-0.25, -0.2) is 9.59 Å². The molecule has 1 atom stereocenters. The van der Waals surface area contributed by atoms with Crippen molar-refractivity contribution in [2.45, 2.75) is 20.3 Å². The van der Waals surface area contributed by atoms with Gasteiger partial charge in [-0.15, -0.1) is 5.06 Å². The number of carbonyl (C=O) groups excluding carboxylic acids is 2. The van der Waals surface area contributed by atoms with E-state index >= 15 is 0 Å². The number of hydrogen-bond acceptors (Lipinski definition) is 4. The molecule has 0 aliphatic rings. The first kappa shape index (κ1) is 14.0. The third kappa shape index (κ3) is 3.48. The topological polar surface area (TPSA) is 55.8 Å². The Hall–Kier alpha value is -2.04. The number of para-hydroxylation sites is 1. The van der Waals surface area contributed by atoms with E-state index in [1.165, 1.54) is 7.11 Å². The fraction of sp³-hybridized carbons (Fsp3) is 0.385. The largest absolute Gasteiger partial charge is 0.450 e. The second-order valence-electron chi connectivity index (χ2n) is 3.82. The second kappa shape index (κ2) is 6.64. The zero-order chi connectivity index (χ0) is 13.5. The molecule has 0 N–H and O–H groups in total. The SMILES string of the molecule is CCC(C)C(=O)ON(C(=O)OC)c1ccccc1. The first-order valence-corrected chi connectivity index (χ1v) is 5.75. The zero-order valence-corrected chi connectivity index (χ0v) is 10.8. The van der Waals surface area contributed by atoms with Crippen molar-refractivity contribution in [2.75, 3.05) is 12.2 Å². The quantitative estimate of drug-likeness (QED) is 0.775. The average molecular weight is 251 g/mol. The fourth-order valence-electron chi connectivity index (χ4n) is 1.19. The number of hydroxylamine groups is 1. The van der Waals surface area contributed by atoms with Crippen LogP contribution in [0.4, 0.5) is 10.5 Å². The smallest absolute Gasteiger partial charge is 0.447 e. The van der Waals surface area contributed by atoms with E-state index in [0.29, 0.717) is 12.1 Å². The van der Waals surface area contributed by atoms with E-state index in [2.05, 4.69) is 4.74 Å². The van der Waals surface area contributed by atoms with Gasteiger partial charge in [-0.2, -0.15) is 0 Å². The van der Waals surface area contributed by atoms with Crippen LogP contribution >= 0.6 is 0 Å². The van der Waals surface area contributed by atoms with Gasteiger partial charge in [0, 0.05) is 0 Å². The van der Waals surface area contributed by atoms with Crippen LogP contribution in [0.1, 0.15) is 20.3 Å². The van der Waals surface area contributed by atoms with Crippen molar-refractivity contribution >= 4 is 17.7 Å². The molecule has 5 nitrogen and oxygen atoms in total. The Balaban J connectivity index is 2.87. The number of nitrogens with zero attached hydrogens (tertiary/aromatic N) is 1. The number of amides is 1. The summed E-state index contributed by atoms with van der Waals surface area (Å²) in [6.07, 6.45) is -0.0966. The molecule has 0 heterocycles.